The van der Waals surface area contributed by atoms with Gasteiger partial charge in [-0.25, -0.2) is 0 Å². The number of amides is 2. The number of piperidine rings is 1. The molecule has 4 rings (SSSR count). The van der Waals surface area contributed by atoms with E-state index >= 15 is 0 Å². The third-order valence-corrected chi connectivity index (χ3v) is 5.98. The van der Waals surface area contributed by atoms with Crippen molar-refractivity contribution in [2.24, 2.45) is 0 Å². The number of halogens is 1. The van der Waals surface area contributed by atoms with Gasteiger partial charge in [-0.15, -0.1) is 0 Å². The fraction of sp³-hybridized carbons (Fsp3) is 0.391. The number of likely N-dealkylation sites (tertiary alicyclic amines) is 1. The van der Waals surface area contributed by atoms with Crippen molar-refractivity contribution in [2.45, 2.75) is 45.2 Å². The SMILES string of the molecule is CC1CCCC(C)N1C(=O)COc1ccc(C(=O)Nc2cc3c(cc2Cl)OCO3)cc1. The maximum Gasteiger partial charge on any atom is 0.260 e. The lowest BCUT2D eigenvalue weighted by Crippen LogP contribution is -2.49. The van der Waals surface area contributed by atoms with Gasteiger partial charge in [-0.05, 0) is 57.4 Å². The summed E-state index contributed by atoms with van der Waals surface area (Å²) in [7, 11) is 0. The molecule has 2 atom stereocenters. The van der Waals surface area contributed by atoms with Gasteiger partial charge in [0.25, 0.3) is 11.8 Å². The molecule has 8 heteroatoms. The van der Waals surface area contributed by atoms with Gasteiger partial charge in [0.2, 0.25) is 6.79 Å². The predicted octanol–water partition coefficient (Wildman–Crippen LogP) is 4.49. The molecule has 1 N–H and O–H groups in total. The first-order valence-corrected chi connectivity index (χ1v) is 10.7. The van der Waals surface area contributed by atoms with Crippen LogP contribution >= 0.6 is 11.6 Å². The smallest absolute Gasteiger partial charge is 0.260 e. The van der Waals surface area contributed by atoms with Crippen LogP contribution in [-0.4, -0.2) is 42.2 Å². The van der Waals surface area contributed by atoms with E-state index in [2.05, 4.69) is 19.2 Å². The number of nitrogens with one attached hydrogen (secondary N) is 1. The van der Waals surface area contributed by atoms with Gasteiger partial charge in [-0.1, -0.05) is 11.6 Å². The molecule has 2 aliphatic rings. The first kappa shape index (κ1) is 21.3. The molecule has 0 aliphatic carbocycles. The Morgan fingerprint density at radius 1 is 1.10 bits per heavy atom. The zero-order valence-electron chi connectivity index (χ0n) is 17.5. The number of ether oxygens (including phenoxy) is 3. The normalized spacial score (nSPS) is 19.8. The number of benzene rings is 2. The van der Waals surface area contributed by atoms with E-state index in [0.717, 1.165) is 19.3 Å². The van der Waals surface area contributed by atoms with Gasteiger partial charge < -0.3 is 24.4 Å². The number of nitrogens with zero attached hydrogens (tertiary/aromatic N) is 1. The van der Waals surface area contributed by atoms with Crippen molar-refractivity contribution in [3.63, 3.8) is 0 Å². The van der Waals surface area contributed by atoms with E-state index in [1.807, 2.05) is 4.90 Å². The molecule has 0 spiro atoms. The largest absolute Gasteiger partial charge is 0.484 e. The molecule has 2 amide bonds. The van der Waals surface area contributed by atoms with Gasteiger partial charge in [-0.3, -0.25) is 9.59 Å². The Labute approximate surface area is 186 Å². The van der Waals surface area contributed by atoms with E-state index in [0.29, 0.717) is 33.5 Å². The van der Waals surface area contributed by atoms with Gasteiger partial charge in [0, 0.05) is 29.8 Å². The molecular weight excluding hydrogens is 420 g/mol. The summed E-state index contributed by atoms with van der Waals surface area (Å²) >= 11 is 6.21. The Kier molecular flexibility index (Phi) is 6.23. The molecule has 0 saturated carbocycles. The molecule has 2 aliphatic heterocycles. The topological polar surface area (TPSA) is 77.1 Å². The number of rotatable bonds is 5. The molecule has 2 aromatic rings. The van der Waals surface area contributed by atoms with E-state index in [1.165, 1.54) is 0 Å². The average Bonchev–Trinajstić information content (AvgIpc) is 3.19. The monoisotopic (exact) mass is 444 g/mol. The highest BCUT2D eigenvalue weighted by molar-refractivity contribution is 6.34. The molecule has 0 aromatic heterocycles. The Hall–Kier alpha value is -2.93. The summed E-state index contributed by atoms with van der Waals surface area (Å²) in [5, 5.41) is 3.13. The van der Waals surface area contributed by atoms with Crippen molar-refractivity contribution in [3.8, 4) is 17.2 Å². The average molecular weight is 445 g/mol. The summed E-state index contributed by atoms with van der Waals surface area (Å²) in [6.07, 6.45) is 3.19. The first-order chi connectivity index (χ1) is 14.9. The van der Waals surface area contributed by atoms with Crippen LogP contribution < -0.4 is 19.5 Å². The van der Waals surface area contributed by atoms with Crippen LogP contribution in [0.1, 0.15) is 43.5 Å². The standard InChI is InChI=1S/C23H25ClN2O5/c1-14-4-3-5-15(2)26(14)22(27)12-29-17-8-6-16(7-9-17)23(28)25-19-11-21-20(10-18(19)24)30-13-31-21/h6-11,14-15H,3-5,12-13H2,1-2H3,(H,25,28). The van der Waals surface area contributed by atoms with E-state index in [-0.39, 0.29) is 37.3 Å². The van der Waals surface area contributed by atoms with Crippen molar-refractivity contribution in [2.75, 3.05) is 18.7 Å². The van der Waals surface area contributed by atoms with Crippen LogP contribution in [0.15, 0.2) is 36.4 Å². The molecule has 2 unspecified atom stereocenters. The van der Waals surface area contributed by atoms with Crippen molar-refractivity contribution in [1.29, 1.82) is 0 Å². The molecular formula is C23H25ClN2O5. The second-order valence-corrected chi connectivity index (χ2v) is 8.29. The molecule has 7 nitrogen and oxygen atoms in total. The quantitative estimate of drug-likeness (QED) is 0.735. The minimum absolute atomic E-state index is 0.0148. The molecule has 1 fully saturated rings. The highest BCUT2D eigenvalue weighted by atomic mass is 35.5. The molecule has 0 radical (unpaired) electrons. The summed E-state index contributed by atoms with van der Waals surface area (Å²) in [5.74, 6) is 1.28. The summed E-state index contributed by atoms with van der Waals surface area (Å²) in [5.41, 5.74) is 0.872. The second-order valence-electron chi connectivity index (χ2n) is 7.88. The van der Waals surface area contributed by atoms with E-state index in [1.54, 1.807) is 36.4 Å². The Balaban J connectivity index is 1.35. The number of hydrogen-bond acceptors (Lipinski definition) is 5. The summed E-state index contributed by atoms with van der Waals surface area (Å²) in [4.78, 5) is 27.1. The fourth-order valence-electron chi connectivity index (χ4n) is 4.04. The second kappa shape index (κ2) is 9.06. The maximum absolute atomic E-state index is 12.6. The van der Waals surface area contributed by atoms with Gasteiger partial charge in [0.15, 0.2) is 18.1 Å². The van der Waals surface area contributed by atoms with Gasteiger partial charge in [-0.2, -0.15) is 0 Å². The van der Waals surface area contributed by atoms with Crippen LogP contribution in [0.2, 0.25) is 5.02 Å². The van der Waals surface area contributed by atoms with Crippen LogP contribution in [0.25, 0.3) is 0 Å². The highest BCUT2D eigenvalue weighted by Gasteiger charge is 2.29. The third kappa shape index (κ3) is 4.71. The van der Waals surface area contributed by atoms with Crippen LogP contribution in [0.5, 0.6) is 17.2 Å². The van der Waals surface area contributed by atoms with Crippen molar-refractivity contribution in [1.82, 2.24) is 4.90 Å². The number of carbonyl (C=O) groups is 2. The molecule has 1 saturated heterocycles. The van der Waals surface area contributed by atoms with E-state index < -0.39 is 0 Å². The number of hydrogen-bond donors (Lipinski definition) is 1. The Morgan fingerprint density at radius 2 is 1.74 bits per heavy atom. The zero-order valence-corrected chi connectivity index (χ0v) is 18.3. The Morgan fingerprint density at radius 3 is 2.42 bits per heavy atom. The van der Waals surface area contributed by atoms with Crippen molar-refractivity contribution in [3.05, 3.63) is 47.0 Å². The predicted molar refractivity (Wildman–Crippen MR) is 117 cm³/mol. The molecule has 2 aromatic carbocycles. The Bertz CT molecular complexity index is 969. The summed E-state index contributed by atoms with van der Waals surface area (Å²) < 4.78 is 16.3. The lowest BCUT2D eigenvalue weighted by Gasteiger charge is -2.38. The fourth-order valence-corrected chi connectivity index (χ4v) is 4.24. The zero-order chi connectivity index (χ0) is 22.0. The van der Waals surface area contributed by atoms with Gasteiger partial charge in [0.1, 0.15) is 5.75 Å². The highest BCUT2D eigenvalue weighted by Crippen LogP contribution is 2.39. The number of anilines is 1. The van der Waals surface area contributed by atoms with Crippen LogP contribution in [0.4, 0.5) is 5.69 Å². The van der Waals surface area contributed by atoms with Gasteiger partial charge in [0.05, 0.1) is 10.7 Å². The lowest BCUT2D eigenvalue weighted by molar-refractivity contribution is -0.139. The van der Waals surface area contributed by atoms with Gasteiger partial charge >= 0.3 is 0 Å². The first-order valence-electron chi connectivity index (χ1n) is 10.4. The molecule has 0 bridgehead atoms. The minimum atomic E-state index is -0.320. The molecule has 164 valence electrons. The van der Waals surface area contributed by atoms with E-state index in [4.69, 9.17) is 25.8 Å². The van der Waals surface area contributed by atoms with Crippen LogP contribution in [0, 0.1) is 0 Å². The van der Waals surface area contributed by atoms with Crippen molar-refractivity contribution >= 4 is 29.1 Å². The lowest BCUT2D eigenvalue weighted by atomic mass is 9.97. The number of carbonyl (C=O) groups excluding carboxylic acids is 2. The van der Waals surface area contributed by atoms with Crippen LogP contribution in [0.3, 0.4) is 0 Å². The summed E-state index contributed by atoms with van der Waals surface area (Å²) in [6, 6.07) is 10.3. The molecule has 2 heterocycles. The third-order valence-electron chi connectivity index (χ3n) is 5.67. The molecule has 31 heavy (non-hydrogen) atoms. The minimum Gasteiger partial charge on any atom is -0.484 e. The van der Waals surface area contributed by atoms with Crippen molar-refractivity contribution < 1.29 is 23.8 Å². The summed E-state index contributed by atoms with van der Waals surface area (Å²) in [6.45, 7) is 4.26. The number of fused-ring (bicyclic) bond motifs is 1. The maximum atomic E-state index is 12.6. The van der Waals surface area contributed by atoms with Crippen LogP contribution in [-0.2, 0) is 4.79 Å². The van der Waals surface area contributed by atoms with E-state index in [9.17, 15) is 9.59 Å².